The number of likely N-dealkylation sites (N-methyl/N-ethyl adjacent to an activating group) is 1. The van der Waals surface area contributed by atoms with Crippen molar-refractivity contribution in [1.29, 1.82) is 0 Å². The number of ketones is 1. The summed E-state index contributed by atoms with van der Waals surface area (Å²) < 4.78 is 41.2. The van der Waals surface area contributed by atoms with E-state index in [1.165, 1.54) is 18.0 Å². The molecule has 3 aromatic rings. The molecule has 0 N–H and O–H groups in total. The molecule has 0 spiro atoms. The molecule has 3 heterocycles. The van der Waals surface area contributed by atoms with Crippen LogP contribution in [0.25, 0.3) is 0 Å². The summed E-state index contributed by atoms with van der Waals surface area (Å²) in [6.07, 6.45) is 0.485. The van der Waals surface area contributed by atoms with Crippen LogP contribution in [0.4, 0.5) is 18.9 Å². The molecule has 1 aromatic heterocycles. The number of carbonyl (C=O) groups excluding carboxylic acids is 1. The summed E-state index contributed by atoms with van der Waals surface area (Å²) in [4.78, 5) is 28.1. The first-order valence-electron chi connectivity index (χ1n) is 12.9. The van der Waals surface area contributed by atoms with Crippen LogP contribution in [0.1, 0.15) is 51.0 Å². The monoisotopic (exact) mass is 523 g/mol. The van der Waals surface area contributed by atoms with E-state index in [-0.39, 0.29) is 18.1 Å². The first-order chi connectivity index (χ1) is 18.2. The quantitative estimate of drug-likeness (QED) is 0.433. The number of halogens is 3. The zero-order valence-electron chi connectivity index (χ0n) is 21.7. The highest BCUT2D eigenvalue weighted by Gasteiger charge is 2.32. The lowest BCUT2D eigenvalue weighted by molar-refractivity contribution is -0.137. The second kappa shape index (κ2) is 10.8. The molecule has 200 valence electrons. The summed E-state index contributed by atoms with van der Waals surface area (Å²) >= 11 is 0. The topological polar surface area (TPSA) is 52.6 Å². The molecule has 0 saturated carbocycles. The highest BCUT2D eigenvalue weighted by Crippen LogP contribution is 2.33. The van der Waals surface area contributed by atoms with E-state index in [1.54, 1.807) is 24.5 Å². The molecule has 1 atom stereocenters. The Kier molecular flexibility index (Phi) is 7.49. The van der Waals surface area contributed by atoms with Crippen molar-refractivity contribution < 1.29 is 18.0 Å². The van der Waals surface area contributed by atoms with E-state index in [0.717, 1.165) is 50.0 Å². The number of nitrogens with zero attached hydrogens (tertiary/aromatic N) is 5. The van der Waals surface area contributed by atoms with Gasteiger partial charge in [-0.05, 0) is 53.4 Å². The van der Waals surface area contributed by atoms with Crippen LogP contribution in [0.15, 0.2) is 55.1 Å². The molecule has 0 bridgehead atoms. The first-order valence-corrected chi connectivity index (χ1v) is 12.9. The van der Waals surface area contributed by atoms with Gasteiger partial charge in [0.1, 0.15) is 6.33 Å². The molecule has 1 unspecified atom stereocenters. The van der Waals surface area contributed by atoms with Crippen LogP contribution in [0, 0.1) is 0 Å². The summed E-state index contributed by atoms with van der Waals surface area (Å²) in [7, 11) is 2.04. The SMILES string of the molecule is CC1CN(c2cncnc2)Cc2cc(C(=O)Cc3cc(CN4CCN(C)CC4)cc(C(F)(F)F)c3)ccc21. The number of aromatic nitrogens is 2. The lowest BCUT2D eigenvalue weighted by Gasteiger charge is -2.34. The molecule has 5 rings (SSSR count). The average molecular weight is 524 g/mol. The Labute approximate surface area is 221 Å². The molecule has 0 amide bonds. The fraction of sp³-hybridized carbons (Fsp3) is 0.414. The number of Topliss-reactive ketones (excluding diaryl/α,β-unsaturated/α-hetero) is 1. The number of carbonyl (C=O) groups is 1. The minimum atomic E-state index is -4.47. The number of benzene rings is 2. The number of alkyl halides is 3. The number of hydrogen-bond acceptors (Lipinski definition) is 6. The minimum absolute atomic E-state index is 0.0791. The zero-order valence-corrected chi connectivity index (χ0v) is 21.7. The predicted molar refractivity (Wildman–Crippen MR) is 140 cm³/mol. The van der Waals surface area contributed by atoms with E-state index in [0.29, 0.717) is 29.8 Å². The highest BCUT2D eigenvalue weighted by molar-refractivity contribution is 5.97. The lowest BCUT2D eigenvalue weighted by atomic mass is 9.88. The van der Waals surface area contributed by atoms with Gasteiger partial charge >= 0.3 is 6.18 Å². The Hall–Kier alpha value is -3.30. The number of fused-ring (bicyclic) bond motifs is 1. The summed E-state index contributed by atoms with van der Waals surface area (Å²) in [6, 6.07) is 9.76. The van der Waals surface area contributed by atoms with Gasteiger partial charge in [0.15, 0.2) is 5.78 Å². The molecule has 6 nitrogen and oxygen atoms in total. The predicted octanol–water partition coefficient (Wildman–Crippen LogP) is 4.79. The smallest absolute Gasteiger partial charge is 0.364 e. The van der Waals surface area contributed by atoms with Gasteiger partial charge in [-0.2, -0.15) is 13.2 Å². The van der Waals surface area contributed by atoms with Crippen molar-refractivity contribution in [2.24, 2.45) is 0 Å². The van der Waals surface area contributed by atoms with Crippen molar-refractivity contribution in [3.8, 4) is 0 Å². The van der Waals surface area contributed by atoms with Crippen LogP contribution in [0.3, 0.4) is 0 Å². The summed E-state index contributed by atoms with van der Waals surface area (Å²) in [5.41, 5.74) is 3.93. The van der Waals surface area contributed by atoms with Crippen molar-refractivity contribution >= 4 is 11.5 Å². The number of piperazine rings is 1. The Morgan fingerprint density at radius 2 is 1.71 bits per heavy atom. The van der Waals surface area contributed by atoms with Gasteiger partial charge in [0.2, 0.25) is 0 Å². The van der Waals surface area contributed by atoms with Gasteiger partial charge in [0.25, 0.3) is 0 Å². The average Bonchev–Trinajstić information content (AvgIpc) is 2.89. The minimum Gasteiger partial charge on any atom is -0.364 e. The van der Waals surface area contributed by atoms with Gasteiger partial charge in [-0.15, -0.1) is 0 Å². The van der Waals surface area contributed by atoms with Gasteiger partial charge in [-0.3, -0.25) is 9.69 Å². The maximum atomic E-state index is 13.7. The highest BCUT2D eigenvalue weighted by atomic mass is 19.4. The number of rotatable bonds is 6. The summed E-state index contributed by atoms with van der Waals surface area (Å²) in [5, 5.41) is 0. The molecule has 1 fully saturated rings. The fourth-order valence-corrected chi connectivity index (χ4v) is 5.42. The largest absolute Gasteiger partial charge is 0.416 e. The van der Waals surface area contributed by atoms with Crippen molar-refractivity contribution in [3.63, 3.8) is 0 Å². The Balaban J connectivity index is 1.36. The third kappa shape index (κ3) is 6.05. The van der Waals surface area contributed by atoms with E-state index in [4.69, 9.17) is 0 Å². The second-order valence-electron chi connectivity index (χ2n) is 10.5. The summed E-state index contributed by atoms with van der Waals surface area (Å²) in [5.74, 6) is 0.0641. The van der Waals surface area contributed by atoms with Crippen molar-refractivity contribution in [1.82, 2.24) is 19.8 Å². The van der Waals surface area contributed by atoms with Crippen LogP contribution in [-0.2, 0) is 25.7 Å². The van der Waals surface area contributed by atoms with Gasteiger partial charge in [-0.25, -0.2) is 9.97 Å². The van der Waals surface area contributed by atoms with Crippen molar-refractivity contribution in [2.45, 2.75) is 38.5 Å². The first kappa shape index (κ1) is 26.3. The van der Waals surface area contributed by atoms with Crippen molar-refractivity contribution in [3.05, 3.63) is 88.5 Å². The zero-order chi connectivity index (χ0) is 26.9. The molecule has 0 aliphatic carbocycles. The number of anilines is 1. The Morgan fingerprint density at radius 1 is 1.00 bits per heavy atom. The van der Waals surface area contributed by atoms with Gasteiger partial charge < -0.3 is 9.80 Å². The Morgan fingerprint density at radius 3 is 2.42 bits per heavy atom. The maximum absolute atomic E-state index is 13.7. The lowest BCUT2D eigenvalue weighted by Crippen LogP contribution is -2.43. The molecule has 1 saturated heterocycles. The molecular weight excluding hydrogens is 491 g/mol. The fourth-order valence-electron chi connectivity index (χ4n) is 5.42. The normalized spacial score (nSPS) is 18.9. The van der Waals surface area contributed by atoms with Gasteiger partial charge in [0, 0.05) is 57.8 Å². The molecule has 0 radical (unpaired) electrons. The van der Waals surface area contributed by atoms with Crippen LogP contribution < -0.4 is 4.90 Å². The van der Waals surface area contributed by atoms with Crippen LogP contribution in [-0.4, -0.2) is 65.3 Å². The molecule has 9 heteroatoms. The second-order valence-corrected chi connectivity index (χ2v) is 10.5. The Bertz CT molecular complexity index is 1290. The molecule has 2 aromatic carbocycles. The summed E-state index contributed by atoms with van der Waals surface area (Å²) in [6.45, 7) is 7.39. The molecule has 2 aliphatic rings. The van der Waals surface area contributed by atoms with E-state index >= 15 is 0 Å². The van der Waals surface area contributed by atoms with Gasteiger partial charge in [0.05, 0.1) is 23.6 Å². The van der Waals surface area contributed by atoms with Crippen molar-refractivity contribution in [2.75, 3.05) is 44.7 Å². The third-order valence-electron chi connectivity index (χ3n) is 7.51. The van der Waals surface area contributed by atoms with E-state index in [9.17, 15) is 18.0 Å². The van der Waals surface area contributed by atoms with Crippen LogP contribution in [0.2, 0.25) is 0 Å². The van der Waals surface area contributed by atoms with Crippen LogP contribution in [0.5, 0.6) is 0 Å². The van der Waals surface area contributed by atoms with E-state index < -0.39 is 11.7 Å². The van der Waals surface area contributed by atoms with E-state index in [2.05, 4.69) is 31.6 Å². The maximum Gasteiger partial charge on any atom is 0.416 e. The number of hydrogen-bond donors (Lipinski definition) is 0. The standard InChI is InChI=1S/C29H32F3N5O/c1-20-16-37(26-14-33-19-34-15-26)18-24-13-23(3-4-27(20)24)28(38)12-21-9-22(11-25(10-21)29(30,31)32)17-36-7-5-35(2)6-8-36/h3-4,9-11,13-15,19-20H,5-8,12,16-18H2,1-2H3. The molecule has 2 aliphatic heterocycles. The molecular formula is C29H32F3N5O. The van der Waals surface area contributed by atoms with Crippen LogP contribution >= 0.6 is 0 Å². The van der Waals surface area contributed by atoms with Gasteiger partial charge in [-0.1, -0.05) is 25.1 Å². The third-order valence-corrected chi connectivity index (χ3v) is 7.51. The molecule has 38 heavy (non-hydrogen) atoms. The van der Waals surface area contributed by atoms with E-state index in [1.807, 2.05) is 19.2 Å².